The number of hydrogen-bond acceptors (Lipinski definition) is 7. The molecule has 0 saturated heterocycles. The van der Waals surface area contributed by atoms with Crippen LogP contribution in [0, 0.1) is 0 Å². The summed E-state index contributed by atoms with van der Waals surface area (Å²) in [7, 11) is 0. The van der Waals surface area contributed by atoms with Crippen LogP contribution in [0.5, 0.6) is 0 Å². The zero-order valence-electron chi connectivity index (χ0n) is 15.2. The van der Waals surface area contributed by atoms with Crippen LogP contribution in [0.4, 0.5) is 17.5 Å². The first-order valence-electron chi connectivity index (χ1n) is 9.10. The van der Waals surface area contributed by atoms with Crippen LogP contribution in [0.15, 0.2) is 60.8 Å². The number of fused-ring (bicyclic) bond motifs is 5. The first kappa shape index (κ1) is 16.4. The van der Waals surface area contributed by atoms with E-state index >= 15 is 0 Å². The maximum absolute atomic E-state index is 4.67. The van der Waals surface area contributed by atoms with Gasteiger partial charge in [0.05, 0.1) is 16.9 Å². The highest BCUT2D eigenvalue weighted by atomic mass is 15.5. The van der Waals surface area contributed by atoms with Gasteiger partial charge in [-0.3, -0.25) is 0 Å². The van der Waals surface area contributed by atoms with Gasteiger partial charge < -0.3 is 10.6 Å². The van der Waals surface area contributed by atoms with E-state index in [1.165, 1.54) is 5.56 Å². The maximum atomic E-state index is 4.67. The Morgan fingerprint density at radius 1 is 1.07 bits per heavy atom. The predicted octanol–water partition coefficient (Wildman–Crippen LogP) is 3.39. The smallest absolute Gasteiger partial charge is 0.224 e. The maximum Gasteiger partial charge on any atom is 0.224 e. The molecule has 2 N–H and O–H groups in total. The van der Waals surface area contributed by atoms with Gasteiger partial charge in [-0.2, -0.15) is 9.67 Å². The average molecular weight is 370 g/mol. The van der Waals surface area contributed by atoms with E-state index in [1.54, 1.807) is 10.9 Å². The second kappa shape index (κ2) is 6.73. The number of hydrogen-bond donors (Lipinski definition) is 2. The van der Waals surface area contributed by atoms with Crippen molar-refractivity contribution in [2.45, 2.75) is 12.8 Å². The van der Waals surface area contributed by atoms with Crippen molar-refractivity contribution in [2.24, 2.45) is 0 Å². The summed E-state index contributed by atoms with van der Waals surface area (Å²) in [5.74, 6) is 2.18. The van der Waals surface area contributed by atoms with Crippen LogP contribution < -0.4 is 10.6 Å². The van der Waals surface area contributed by atoms with Crippen molar-refractivity contribution in [1.29, 1.82) is 0 Å². The summed E-state index contributed by atoms with van der Waals surface area (Å²) in [4.78, 5) is 9.14. The number of aromatic nitrogens is 6. The van der Waals surface area contributed by atoms with Crippen LogP contribution in [-0.2, 0) is 0 Å². The summed E-state index contributed by atoms with van der Waals surface area (Å²) in [6, 6.07) is 18.2. The van der Waals surface area contributed by atoms with Crippen molar-refractivity contribution >= 4 is 17.5 Å². The third kappa shape index (κ3) is 2.84. The SMILES string of the molecule is CC(CNc1ncc2c(n1)Nc1ccccc1-n1nnnc1-2)c1ccccc1. The van der Waals surface area contributed by atoms with E-state index in [0.29, 0.717) is 23.5 Å². The third-order valence-electron chi connectivity index (χ3n) is 4.82. The molecule has 1 aliphatic heterocycles. The van der Waals surface area contributed by atoms with Gasteiger partial charge in [-0.15, -0.1) is 5.10 Å². The quantitative estimate of drug-likeness (QED) is 0.501. The number of anilines is 3. The lowest BCUT2D eigenvalue weighted by atomic mass is 10.0. The van der Waals surface area contributed by atoms with Crippen molar-refractivity contribution in [3.05, 3.63) is 66.4 Å². The fourth-order valence-electron chi connectivity index (χ4n) is 3.28. The van der Waals surface area contributed by atoms with Crippen LogP contribution in [-0.4, -0.2) is 36.7 Å². The Morgan fingerprint density at radius 2 is 1.89 bits per heavy atom. The zero-order valence-corrected chi connectivity index (χ0v) is 15.2. The molecule has 0 radical (unpaired) electrons. The highest BCUT2D eigenvalue weighted by molar-refractivity contribution is 5.81. The first-order chi connectivity index (χ1) is 13.8. The lowest BCUT2D eigenvalue weighted by molar-refractivity contribution is 0.793. The van der Waals surface area contributed by atoms with Crippen molar-refractivity contribution in [3.63, 3.8) is 0 Å². The minimum Gasteiger partial charge on any atom is -0.354 e. The summed E-state index contributed by atoms with van der Waals surface area (Å²) in [5.41, 5.74) is 3.78. The van der Waals surface area contributed by atoms with E-state index in [1.807, 2.05) is 30.3 Å². The molecule has 0 bridgehead atoms. The minimum atomic E-state index is 0.338. The third-order valence-corrected chi connectivity index (χ3v) is 4.82. The van der Waals surface area contributed by atoms with Gasteiger partial charge in [0.2, 0.25) is 5.95 Å². The van der Waals surface area contributed by atoms with E-state index in [9.17, 15) is 0 Å². The summed E-state index contributed by atoms with van der Waals surface area (Å²) in [6.07, 6.45) is 1.75. The molecule has 1 aliphatic rings. The monoisotopic (exact) mass is 370 g/mol. The first-order valence-corrected chi connectivity index (χ1v) is 9.10. The van der Waals surface area contributed by atoms with Gasteiger partial charge in [0.15, 0.2) is 5.82 Å². The predicted molar refractivity (Wildman–Crippen MR) is 107 cm³/mol. The molecule has 8 nitrogen and oxygen atoms in total. The molecule has 5 rings (SSSR count). The molecule has 0 spiro atoms. The molecule has 1 atom stereocenters. The molecule has 3 heterocycles. The summed E-state index contributed by atoms with van der Waals surface area (Å²) in [6.45, 7) is 2.91. The fraction of sp³-hybridized carbons (Fsp3) is 0.150. The van der Waals surface area contributed by atoms with Crippen molar-refractivity contribution in [2.75, 3.05) is 17.2 Å². The molecule has 28 heavy (non-hydrogen) atoms. The van der Waals surface area contributed by atoms with Crippen LogP contribution in [0.25, 0.3) is 17.1 Å². The van der Waals surface area contributed by atoms with Gasteiger partial charge in [0.25, 0.3) is 0 Å². The molecule has 2 aromatic carbocycles. The molecule has 1 unspecified atom stereocenters. The summed E-state index contributed by atoms with van der Waals surface area (Å²) < 4.78 is 1.70. The summed E-state index contributed by atoms with van der Waals surface area (Å²) >= 11 is 0. The number of para-hydroxylation sites is 2. The van der Waals surface area contributed by atoms with E-state index in [-0.39, 0.29) is 0 Å². The number of tetrazole rings is 1. The molecule has 0 saturated carbocycles. The van der Waals surface area contributed by atoms with Crippen LogP contribution >= 0.6 is 0 Å². The number of benzene rings is 2. The topological polar surface area (TPSA) is 93.4 Å². The molecular weight excluding hydrogens is 352 g/mol. The fourth-order valence-corrected chi connectivity index (χ4v) is 3.28. The van der Waals surface area contributed by atoms with Gasteiger partial charge in [-0.25, -0.2) is 4.98 Å². The highest BCUT2D eigenvalue weighted by Gasteiger charge is 2.23. The van der Waals surface area contributed by atoms with E-state index in [2.05, 4.69) is 67.3 Å². The molecule has 0 amide bonds. The highest BCUT2D eigenvalue weighted by Crippen LogP contribution is 2.35. The Kier molecular flexibility index (Phi) is 3.93. The molecule has 4 aromatic rings. The summed E-state index contributed by atoms with van der Waals surface area (Å²) in [5, 5.41) is 18.8. The normalized spacial score (nSPS) is 12.8. The molecule has 0 fully saturated rings. The number of rotatable bonds is 4. The Bertz CT molecular complexity index is 1120. The zero-order chi connectivity index (χ0) is 18.9. The van der Waals surface area contributed by atoms with Gasteiger partial charge in [-0.05, 0) is 34.0 Å². The van der Waals surface area contributed by atoms with Crippen molar-refractivity contribution < 1.29 is 0 Å². The van der Waals surface area contributed by atoms with E-state index < -0.39 is 0 Å². The second-order valence-corrected chi connectivity index (χ2v) is 6.70. The molecule has 0 aliphatic carbocycles. The number of nitrogens with one attached hydrogen (secondary N) is 2. The standard InChI is InChI=1S/C20H18N8/c1-13(14-7-3-2-4-8-14)11-21-20-22-12-15-18(24-20)23-16-9-5-6-10-17(16)28-19(15)25-26-27-28/h2-10,12-13H,11H2,1H3,(H2,21,22,23,24). The Morgan fingerprint density at radius 3 is 2.79 bits per heavy atom. The largest absolute Gasteiger partial charge is 0.354 e. The van der Waals surface area contributed by atoms with Gasteiger partial charge in [-0.1, -0.05) is 49.4 Å². The number of nitrogens with zero attached hydrogens (tertiary/aromatic N) is 6. The minimum absolute atomic E-state index is 0.338. The molecule has 138 valence electrons. The van der Waals surface area contributed by atoms with E-state index in [4.69, 9.17) is 0 Å². The van der Waals surface area contributed by atoms with Crippen LogP contribution in [0.2, 0.25) is 0 Å². The van der Waals surface area contributed by atoms with E-state index in [0.717, 1.165) is 23.5 Å². The van der Waals surface area contributed by atoms with Crippen LogP contribution in [0.3, 0.4) is 0 Å². The molecule has 8 heteroatoms. The average Bonchev–Trinajstić information content (AvgIpc) is 3.18. The van der Waals surface area contributed by atoms with Crippen molar-refractivity contribution in [3.8, 4) is 17.1 Å². The van der Waals surface area contributed by atoms with Gasteiger partial charge in [0, 0.05) is 12.7 Å². The second-order valence-electron chi connectivity index (χ2n) is 6.70. The van der Waals surface area contributed by atoms with Crippen LogP contribution in [0.1, 0.15) is 18.4 Å². The van der Waals surface area contributed by atoms with Crippen molar-refractivity contribution in [1.82, 2.24) is 30.2 Å². The Balaban J connectivity index is 1.45. The van der Waals surface area contributed by atoms with Gasteiger partial charge in [0.1, 0.15) is 5.82 Å². The lowest BCUT2D eigenvalue weighted by Crippen LogP contribution is -2.12. The molecule has 2 aromatic heterocycles. The van der Waals surface area contributed by atoms with Gasteiger partial charge >= 0.3 is 0 Å². The Labute approximate surface area is 161 Å². The Hall–Kier alpha value is -3.81. The lowest BCUT2D eigenvalue weighted by Gasteiger charge is -2.14. The molecular formula is C20H18N8.